The van der Waals surface area contributed by atoms with Crippen molar-refractivity contribution in [3.63, 3.8) is 0 Å². The summed E-state index contributed by atoms with van der Waals surface area (Å²) >= 11 is 0. The predicted molar refractivity (Wildman–Crippen MR) is 113 cm³/mol. The first-order valence-corrected chi connectivity index (χ1v) is 10.3. The van der Waals surface area contributed by atoms with Gasteiger partial charge in [0.2, 0.25) is 10.0 Å². The van der Waals surface area contributed by atoms with E-state index in [1.807, 2.05) is 12.1 Å². The number of aromatic nitrogens is 4. The van der Waals surface area contributed by atoms with Gasteiger partial charge in [-0.3, -0.25) is 4.98 Å². The Morgan fingerprint density at radius 2 is 1.70 bits per heavy atom. The van der Waals surface area contributed by atoms with Crippen molar-refractivity contribution in [2.24, 2.45) is 5.14 Å². The van der Waals surface area contributed by atoms with Crippen molar-refractivity contribution in [2.75, 3.05) is 12.8 Å². The molecule has 0 saturated heterocycles. The zero-order valence-electron chi connectivity index (χ0n) is 15.9. The summed E-state index contributed by atoms with van der Waals surface area (Å²) in [5.41, 5.74) is 9.50. The fourth-order valence-corrected chi connectivity index (χ4v) is 3.51. The number of anilines is 1. The molecule has 3 aromatic heterocycles. The third-order valence-electron chi connectivity index (χ3n) is 4.50. The molecule has 0 aliphatic carbocycles. The Kier molecular flexibility index (Phi) is 4.94. The SMILES string of the molecule is COc1cc(-c2[nH]c(-c3ccc(S(N)(=O)=O)cc3)nc2-c2ccncc2)cnc1N. The van der Waals surface area contributed by atoms with Gasteiger partial charge in [0.05, 0.1) is 23.4 Å². The van der Waals surface area contributed by atoms with Crippen LogP contribution in [-0.4, -0.2) is 35.5 Å². The zero-order chi connectivity index (χ0) is 21.3. The van der Waals surface area contributed by atoms with E-state index in [-0.39, 0.29) is 10.7 Å². The van der Waals surface area contributed by atoms with Crippen LogP contribution in [0.1, 0.15) is 0 Å². The molecule has 0 radical (unpaired) electrons. The lowest BCUT2D eigenvalue weighted by Crippen LogP contribution is -2.11. The molecule has 5 N–H and O–H groups in total. The molecule has 3 heterocycles. The van der Waals surface area contributed by atoms with Gasteiger partial charge in [-0.2, -0.15) is 0 Å². The summed E-state index contributed by atoms with van der Waals surface area (Å²) in [5.74, 6) is 1.28. The van der Waals surface area contributed by atoms with Crippen LogP contribution >= 0.6 is 0 Å². The van der Waals surface area contributed by atoms with Gasteiger partial charge >= 0.3 is 0 Å². The zero-order valence-corrected chi connectivity index (χ0v) is 16.7. The van der Waals surface area contributed by atoms with Crippen molar-refractivity contribution in [1.29, 1.82) is 0 Å². The Balaban J connectivity index is 1.87. The molecule has 9 nitrogen and oxygen atoms in total. The van der Waals surface area contributed by atoms with E-state index in [4.69, 9.17) is 20.6 Å². The van der Waals surface area contributed by atoms with E-state index in [0.717, 1.165) is 11.1 Å². The molecule has 10 heteroatoms. The normalized spacial score (nSPS) is 11.4. The number of pyridine rings is 2. The minimum atomic E-state index is -3.77. The maximum Gasteiger partial charge on any atom is 0.238 e. The number of nitrogens with two attached hydrogens (primary N) is 2. The minimum Gasteiger partial charge on any atom is -0.493 e. The molecule has 4 aromatic rings. The first kappa shape index (κ1) is 19.6. The van der Waals surface area contributed by atoms with Gasteiger partial charge in [0.15, 0.2) is 11.6 Å². The summed E-state index contributed by atoms with van der Waals surface area (Å²) in [4.78, 5) is 16.3. The summed E-state index contributed by atoms with van der Waals surface area (Å²) in [5, 5.41) is 5.18. The van der Waals surface area contributed by atoms with Gasteiger partial charge in [-0.1, -0.05) is 0 Å². The summed E-state index contributed by atoms with van der Waals surface area (Å²) in [7, 11) is -2.25. The minimum absolute atomic E-state index is 0.0276. The quantitative estimate of drug-likeness (QED) is 0.447. The molecule has 152 valence electrons. The number of sulfonamides is 1. The van der Waals surface area contributed by atoms with Crippen LogP contribution in [0.2, 0.25) is 0 Å². The fraction of sp³-hybridized carbons (Fsp3) is 0.0500. The van der Waals surface area contributed by atoms with Crippen LogP contribution in [0, 0.1) is 0 Å². The van der Waals surface area contributed by atoms with E-state index >= 15 is 0 Å². The van der Waals surface area contributed by atoms with Gasteiger partial charge in [-0.05, 0) is 42.5 Å². The van der Waals surface area contributed by atoms with Crippen LogP contribution in [0.4, 0.5) is 5.82 Å². The topological polar surface area (TPSA) is 150 Å². The average Bonchev–Trinajstić information content (AvgIpc) is 3.20. The van der Waals surface area contributed by atoms with E-state index in [1.165, 1.54) is 19.2 Å². The van der Waals surface area contributed by atoms with Gasteiger partial charge in [0, 0.05) is 35.3 Å². The number of aromatic amines is 1. The number of nitrogens with one attached hydrogen (secondary N) is 1. The molecule has 0 atom stereocenters. The Labute approximate surface area is 172 Å². The second-order valence-corrected chi connectivity index (χ2v) is 7.99. The lowest BCUT2D eigenvalue weighted by molar-refractivity contribution is 0.415. The molecule has 0 fully saturated rings. The van der Waals surface area contributed by atoms with E-state index in [0.29, 0.717) is 28.5 Å². The maximum absolute atomic E-state index is 11.5. The molecule has 4 rings (SSSR count). The van der Waals surface area contributed by atoms with Crippen LogP contribution in [0.3, 0.4) is 0 Å². The summed E-state index contributed by atoms with van der Waals surface area (Å²) in [6.45, 7) is 0. The van der Waals surface area contributed by atoms with Crippen molar-refractivity contribution in [2.45, 2.75) is 4.90 Å². The Morgan fingerprint density at radius 1 is 1.00 bits per heavy atom. The van der Waals surface area contributed by atoms with Gasteiger partial charge in [-0.15, -0.1) is 0 Å². The smallest absolute Gasteiger partial charge is 0.238 e. The molecule has 0 unspecified atom stereocenters. The molecular weight excluding hydrogens is 404 g/mol. The number of hydrogen-bond acceptors (Lipinski definition) is 7. The number of primary sulfonamides is 1. The van der Waals surface area contributed by atoms with Gasteiger partial charge < -0.3 is 15.5 Å². The first-order chi connectivity index (χ1) is 14.4. The number of methoxy groups -OCH3 is 1. The van der Waals surface area contributed by atoms with Crippen LogP contribution in [0.25, 0.3) is 33.9 Å². The summed E-state index contributed by atoms with van der Waals surface area (Å²) < 4.78 is 28.3. The summed E-state index contributed by atoms with van der Waals surface area (Å²) in [6.07, 6.45) is 4.98. The van der Waals surface area contributed by atoms with E-state index in [9.17, 15) is 8.42 Å². The lowest BCUT2D eigenvalue weighted by atomic mass is 10.1. The second kappa shape index (κ2) is 7.58. The van der Waals surface area contributed by atoms with Crippen LogP contribution < -0.4 is 15.6 Å². The molecule has 0 bridgehead atoms. The number of H-pyrrole nitrogens is 1. The highest BCUT2D eigenvalue weighted by molar-refractivity contribution is 7.89. The Bertz CT molecular complexity index is 1300. The monoisotopic (exact) mass is 422 g/mol. The van der Waals surface area contributed by atoms with Crippen molar-refractivity contribution in [1.82, 2.24) is 19.9 Å². The Hall–Kier alpha value is -3.76. The van der Waals surface area contributed by atoms with E-state index in [1.54, 1.807) is 36.8 Å². The van der Waals surface area contributed by atoms with Crippen LogP contribution in [0.5, 0.6) is 5.75 Å². The molecule has 0 saturated carbocycles. The molecule has 0 spiro atoms. The van der Waals surface area contributed by atoms with Crippen LogP contribution in [0.15, 0.2) is 66.0 Å². The highest BCUT2D eigenvalue weighted by Gasteiger charge is 2.17. The third-order valence-corrected chi connectivity index (χ3v) is 5.43. The molecule has 30 heavy (non-hydrogen) atoms. The first-order valence-electron chi connectivity index (χ1n) is 8.80. The fourth-order valence-electron chi connectivity index (χ4n) is 3.00. The molecule has 1 aromatic carbocycles. The van der Waals surface area contributed by atoms with Crippen molar-refractivity contribution in [3.8, 4) is 39.7 Å². The van der Waals surface area contributed by atoms with Crippen molar-refractivity contribution < 1.29 is 13.2 Å². The number of ether oxygens (including phenoxy) is 1. The largest absolute Gasteiger partial charge is 0.493 e. The second-order valence-electron chi connectivity index (χ2n) is 6.43. The highest BCUT2D eigenvalue weighted by atomic mass is 32.2. The number of hydrogen-bond donors (Lipinski definition) is 3. The van der Waals surface area contributed by atoms with Crippen LogP contribution in [-0.2, 0) is 10.0 Å². The number of nitrogens with zero attached hydrogens (tertiary/aromatic N) is 3. The van der Waals surface area contributed by atoms with Crippen molar-refractivity contribution >= 4 is 15.8 Å². The molecular formula is C20H18N6O3S. The average molecular weight is 422 g/mol. The standard InChI is InChI=1S/C20H18N6O3S/c1-29-16-10-14(11-24-19(16)21)18-17(12-6-8-23-9-7-12)25-20(26-18)13-2-4-15(5-3-13)30(22,27)28/h2-11H,1H3,(H2,21,24)(H,25,26)(H2,22,27,28). The third kappa shape index (κ3) is 3.73. The van der Waals surface area contributed by atoms with E-state index < -0.39 is 10.0 Å². The van der Waals surface area contributed by atoms with Gasteiger partial charge in [-0.25, -0.2) is 23.5 Å². The number of nitrogen functional groups attached to an aromatic ring is 1. The van der Waals surface area contributed by atoms with Crippen molar-refractivity contribution in [3.05, 3.63) is 61.1 Å². The Morgan fingerprint density at radius 3 is 2.33 bits per heavy atom. The van der Waals surface area contributed by atoms with E-state index in [2.05, 4.69) is 15.0 Å². The molecule has 0 aliphatic heterocycles. The highest BCUT2D eigenvalue weighted by Crippen LogP contribution is 2.35. The van der Waals surface area contributed by atoms with Gasteiger partial charge in [0.1, 0.15) is 5.82 Å². The lowest BCUT2D eigenvalue weighted by Gasteiger charge is -2.07. The molecule has 0 amide bonds. The molecule has 0 aliphatic rings. The maximum atomic E-state index is 11.5. The number of rotatable bonds is 5. The van der Waals surface area contributed by atoms with Gasteiger partial charge in [0.25, 0.3) is 0 Å². The predicted octanol–water partition coefficient (Wildman–Crippen LogP) is 2.44. The number of imidazole rings is 1. The summed E-state index contributed by atoms with van der Waals surface area (Å²) in [6, 6.07) is 11.6. The number of benzene rings is 1.